The van der Waals surface area contributed by atoms with Gasteiger partial charge in [0.25, 0.3) is 5.69 Å². The summed E-state index contributed by atoms with van der Waals surface area (Å²) in [5, 5.41) is 10.9. The fraction of sp³-hybridized carbons (Fsp3) is 0.133. The maximum absolute atomic E-state index is 11.0. The van der Waals surface area contributed by atoms with Gasteiger partial charge in [-0.15, -0.1) is 0 Å². The van der Waals surface area contributed by atoms with Gasteiger partial charge in [-0.2, -0.15) is 0 Å². The second kappa shape index (κ2) is 5.97. The first-order valence-electron chi connectivity index (χ1n) is 6.03. The summed E-state index contributed by atoms with van der Waals surface area (Å²) in [5.41, 5.74) is 1.75. The lowest BCUT2D eigenvalue weighted by Crippen LogP contribution is -2.02. The fourth-order valence-electron chi connectivity index (χ4n) is 1.90. The molecule has 20 heavy (non-hydrogen) atoms. The van der Waals surface area contributed by atoms with E-state index < -0.39 is 4.92 Å². The minimum Gasteiger partial charge on any atom is -0.488 e. The number of carbonyl (C=O) groups is 1. The van der Waals surface area contributed by atoms with Crippen LogP contribution in [0.5, 0.6) is 5.75 Å². The molecule has 0 atom stereocenters. The summed E-state index contributed by atoms with van der Waals surface area (Å²) in [7, 11) is 0. The van der Waals surface area contributed by atoms with E-state index in [0.717, 1.165) is 11.8 Å². The molecule has 0 fully saturated rings. The number of para-hydroxylation sites is 1. The Bertz CT molecular complexity index is 652. The average molecular weight is 271 g/mol. The van der Waals surface area contributed by atoms with Crippen molar-refractivity contribution in [1.82, 2.24) is 0 Å². The summed E-state index contributed by atoms with van der Waals surface area (Å²) >= 11 is 0. The third-order valence-electron chi connectivity index (χ3n) is 2.97. The van der Waals surface area contributed by atoms with Gasteiger partial charge in [0.2, 0.25) is 0 Å². The zero-order valence-electron chi connectivity index (χ0n) is 10.9. The van der Waals surface area contributed by atoms with Gasteiger partial charge in [-0.05, 0) is 24.6 Å². The van der Waals surface area contributed by atoms with E-state index >= 15 is 0 Å². The molecule has 0 N–H and O–H groups in total. The minimum atomic E-state index is -0.449. The summed E-state index contributed by atoms with van der Waals surface area (Å²) < 4.78 is 5.55. The lowest BCUT2D eigenvalue weighted by Gasteiger charge is -2.10. The monoisotopic (exact) mass is 271 g/mol. The van der Waals surface area contributed by atoms with Gasteiger partial charge in [0.15, 0.2) is 6.29 Å². The number of hydrogen-bond acceptors (Lipinski definition) is 4. The molecule has 5 heteroatoms. The third kappa shape index (κ3) is 2.83. The number of hydrogen-bond donors (Lipinski definition) is 0. The Morgan fingerprint density at radius 3 is 2.65 bits per heavy atom. The maximum atomic E-state index is 11.0. The number of benzene rings is 2. The molecule has 0 unspecified atom stereocenters. The quantitative estimate of drug-likeness (QED) is 0.475. The number of carbonyl (C=O) groups excluding carboxylic acids is 1. The predicted octanol–water partition coefficient (Wildman–Crippen LogP) is 3.29. The summed E-state index contributed by atoms with van der Waals surface area (Å²) in [5.74, 6) is 0.429. The van der Waals surface area contributed by atoms with Gasteiger partial charge in [0.05, 0.1) is 16.1 Å². The summed E-state index contributed by atoms with van der Waals surface area (Å²) in [4.78, 5) is 21.5. The van der Waals surface area contributed by atoms with E-state index in [1.807, 2.05) is 13.0 Å². The highest BCUT2D eigenvalue weighted by atomic mass is 16.6. The highest BCUT2D eigenvalue weighted by molar-refractivity contribution is 5.81. The summed E-state index contributed by atoms with van der Waals surface area (Å²) in [6.45, 7) is 1.85. The molecule has 2 aromatic carbocycles. The Morgan fingerprint density at radius 1 is 1.20 bits per heavy atom. The smallest absolute Gasteiger partial charge is 0.276 e. The van der Waals surface area contributed by atoms with Gasteiger partial charge >= 0.3 is 0 Å². The number of aldehydes is 1. The van der Waals surface area contributed by atoms with Crippen LogP contribution in [0.25, 0.3) is 0 Å². The largest absolute Gasteiger partial charge is 0.488 e. The SMILES string of the molecule is Cc1cccc(OCc2ccccc2[N+](=O)[O-])c1C=O. The van der Waals surface area contributed by atoms with Crippen molar-refractivity contribution in [3.05, 3.63) is 69.3 Å². The van der Waals surface area contributed by atoms with Gasteiger partial charge in [0, 0.05) is 6.07 Å². The first-order chi connectivity index (χ1) is 9.63. The molecule has 5 nitrogen and oxygen atoms in total. The van der Waals surface area contributed by atoms with Crippen molar-refractivity contribution in [2.24, 2.45) is 0 Å². The van der Waals surface area contributed by atoms with Crippen LogP contribution in [0.15, 0.2) is 42.5 Å². The molecule has 0 aliphatic carbocycles. The van der Waals surface area contributed by atoms with Gasteiger partial charge in [-0.3, -0.25) is 14.9 Å². The average Bonchev–Trinajstić information content (AvgIpc) is 2.45. The van der Waals surface area contributed by atoms with Crippen LogP contribution in [0.4, 0.5) is 5.69 Å². The van der Waals surface area contributed by atoms with E-state index in [0.29, 0.717) is 16.9 Å². The second-order valence-corrected chi connectivity index (χ2v) is 4.28. The standard InChI is InChI=1S/C15H13NO4/c1-11-5-4-8-15(13(11)9-17)20-10-12-6-2-3-7-14(12)16(18)19/h2-9H,10H2,1H3. The summed E-state index contributed by atoms with van der Waals surface area (Å²) in [6.07, 6.45) is 0.726. The fourth-order valence-corrected chi connectivity index (χ4v) is 1.90. The summed E-state index contributed by atoms with van der Waals surface area (Å²) in [6, 6.07) is 11.6. The third-order valence-corrected chi connectivity index (χ3v) is 2.97. The van der Waals surface area contributed by atoms with E-state index in [2.05, 4.69) is 0 Å². The molecule has 0 amide bonds. The number of rotatable bonds is 5. The van der Waals surface area contributed by atoms with Gasteiger partial charge in [0.1, 0.15) is 12.4 Å². The first kappa shape index (κ1) is 13.7. The molecule has 2 aromatic rings. The zero-order chi connectivity index (χ0) is 14.5. The molecule has 102 valence electrons. The molecule has 2 rings (SSSR count). The molecule has 0 aliphatic heterocycles. The Labute approximate surface area is 116 Å². The normalized spacial score (nSPS) is 10.1. The Kier molecular flexibility index (Phi) is 4.10. The van der Waals surface area contributed by atoms with Crippen molar-refractivity contribution >= 4 is 12.0 Å². The van der Waals surface area contributed by atoms with E-state index in [1.165, 1.54) is 6.07 Å². The Hall–Kier alpha value is -2.69. The maximum Gasteiger partial charge on any atom is 0.276 e. The first-order valence-corrected chi connectivity index (χ1v) is 6.03. The Morgan fingerprint density at radius 2 is 1.95 bits per heavy atom. The van der Waals surface area contributed by atoms with E-state index in [4.69, 9.17) is 4.74 Å². The van der Waals surface area contributed by atoms with Crippen LogP contribution in [-0.2, 0) is 6.61 Å². The van der Waals surface area contributed by atoms with E-state index in [9.17, 15) is 14.9 Å². The molecule has 0 radical (unpaired) electrons. The molecule has 0 aliphatic rings. The van der Waals surface area contributed by atoms with Crippen molar-refractivity contribution in [3.63, 3.8) is 0 Å². The number of aryl methyl sites for hydroxylation is 1. The van der Waals surface area contributed by atoms with Crippen molar-refractivity contribution < 1.29 is 14.5 Å². The molecule has 0 saturated carbocycles. The van der Waals surface area contributed by atoms with Gasteiger partial charge in [-0.25, -0.2) is 0 Å². The van der Waals surface area contributed by atoms with Gasteiger partial charge < -0.3 is 4.74 Å². The predicted molar refractivity (Wildman–Crippen MR) is 74.0 cm³/mol. The molecular weight excluding hydrogens is 258 g/mol. The minimum absolute atomic E-state index is 0.00723. The molecule has 0 heterocycles. The van der Waals surface area contributed by atoms with Crippen molar-refractivity contribution in [1.29, 1.82) is 0 Å². The lowest BCUT2D eigenvalue weighted by atomic mass is 10.1. The highest BCUT2D eigenvalue weighted by Gasteiger charge is 2.13. The molecular formula is C15H13NO4. The number of ether oxygens (including phenoxy) is 1. The number of nitro groups is 1. The zero-order valence-corrected chi connectivity index (χ0v) is 10.9. The van der Waals surface area contributed by atoms with Crippen LogP contribution < -0.4 is 4.74 Å². The number of nitro benzene ring substituents is 1. The molecule has 0 bridgehead atoms. The molecule has 0 aromatic heterocycles. The second-order valence-electron chi connectivity index (χ2n) is 4.28. The molecule has 0 saturated heterocycles. The van der Waals surface area contributed by atoms with Crippen molar-refractivity contribution in [3.8, 4) is 5.75 Å². The van der Waals surface area contributed by atoms with Crippen LogP contribution >= 0.6 is 0 Å². The Balaban J connectivity index is 2.24. The van der Waals surface area contributed by atoms with E-state index in [1.54, 1.807) is 30.3 Å². The van der Waals surface area contributed by atoms with Crippen LogP contribution in [0.3, 0.4) is 0 Å². The highest BCUT2D eigenvalue weighted by Crippen LogP contribution is 2.23. The van der Waals surface area contributed by atoms with Crippen LogP contribution in [0, 0.1) is 17.0 Å². The van der Waals surface area contributed by atoms with Crippen LogP contribution in [0.1, 0.15) is 21.5 Å². The molecule has 0 spiro atoms. The van der Waals surface area contributed by atoms with Crippen molar-refractivity contribution in [2.75, 3.05) is 0 Å². The topological polar surface area (TPSA) is 69.4 Å². The lowest BCUT2D eigenvalue weighted by molar-refractivity contribution is -0.385. The van der Waals surface area contributed by atoms with E-state index in [-0.39, 0.29) is 12.3 Å². The van der Waals surface area contributed by atoms with Crippen molar-refractivity contribution in [2.45, 2.75) is 13.5 Å². The van der Waals surface area contributed by atoms with Crippen LogP contribution in [0.2, 0.25) is 0 Å². The van der Waals surface area contributed by atoms with Gasteiger partial charge in [-0.1, -0.05) is 24.3 Å². The van der Waals surface area contributed by atoms with Crippen LogP contribution in [-0.4, -0.2) is 11.2 Å². The number of nitrogens with zero attached hydrogens (tertiary/aromatic N) is 1.